The van der Waals surface area contributed by atoms with Crippen LogP contribution in [0.15, 0.2) is 54.7 Å². The molecule has 3 aromatic carbocycles. The quantitative estimate of drug-likeness (QED) is 0.117. The van der Waals surface area contributed by atoms with Crippen molar-refractivity contribution in [1.82, 2.24) is 35.0 Å². The van der Waals surface area contributed by atoms with Crippen LogP contribution in [0.4, 0.5) is 20.3 Å². The van der Waals surface area contributed by atoms with Crippen LogP contribution in [-0.2, 0) is 22.6 Å². The van der Waals surface area contributed by atoms with Crippen LogP contribution in [0.25, 0.3) is 32.9 Å². The number of ether oxygens (including phenoxy) is 1. The molecule has 6 fully saturated rings. The first-order valence-electron chi connectivity index (χ1n) is 25.4. The molecule has 366 valence electrons. The van der Waals surface area contributed by atoms with Crippen molar-refractivity contribution in [3.63, 3.8) is 0 Å². The van der Waals surface area contributed by atoms with Crippen LogP contribution in [0.2, 0.25) is 0 Å². The van der Waals surface area contributed by atoms with Crippen LogP contribution < -0.4 is 19.9 Å². The van der Waals surface area contributed by atoms with Crippen LogP contribution >= 0.6 is 0 Å². The summed E-state index contributed by atoms with van der Waals surface area (Å²) in [5.74, 6) is -0.308. The number of carbonyl (C=O) groups excluding carboxylic acids is 3. The average Bonchev–Trinajstić information content (AvgIpc) is 4.27. The molecule has 0 radical (unpaired) electrons. The Labute approximate surface area is 406 Å². The first kappa shape index (κ1) is 45.2. The third-order valence-electron chi connectivity index (χ3n) is 17.0. The Hall–Kier alpha value is -6.00. The number of rotatable bonds is 13. The normalized spacial score (nSPS) is 24.3. The zero-order valence-corrected chi connectivity index (χ0v) is 40.1. The number of phenolic OH excluding ortho intramolecular Hbond substituents is 1. The molecule has 16 heteroatoms. The number of piperazine rings is 1. The van der Waals surface area contributed by atoms with Gasteiger partial charge in [0.25, 0.3) is 5.91 Å². The molecule has 12 rings (SSSR count). The molecular weight excluding hydrogens is 893 g/mol. The predicted octanol–water partition coefficient (Wildman–Crippen LogP) is 7.03. The lowest BCUT2D eigenvalue weighted by Gasteiger charge is -2.54. The maximum atomic E-state index is 17.0. The predicted molar refractivity (Wildman–Crippen MR) is 262 cm³/mol. The number of carbonyl (C=O) groups is 3. The first-order chi connectivity index (χ1) is 33.8. The number of fused-ring (bicyclic) bond motifs is 3. The molecule has 2 N–H and O–H groups in total. The molecule has 3 aliphatic carbocycles. The maximum Gasteiger partial charge on any atom is 0.319 e. The maximum absolute atomic E-state index is 17.0. The monoisotopic (exact) mass is 953 g/mol. The van der Waals surface area contributed by atoms with Gasteiger partial charge in [-0.1, -0.05) is 25.1 Å². The summed E-state index contributed by atoms with van der Waals surface area (Å²) in [6, 6.07) is 14.2. The van der Waals surface area contributed by atoms with E-state index in [2.05, 4.69) is 36.1 Å². The number of hydrogen-bond acceptors (Lipinski definition) is 12. The number of piperidine rings is 2. The van der Waals surface area contributed by atoms with Gasteiger partial charge in [-0.2, -0.15) is 9.97 Å². The summed E-state index contributed by atoms with van der Waals surface area (Å²) in [5, 5.41) is 15.1. The van der Waals surface area contributed by atoms with E-state index in [9.17, 15) is 23.9 Å². The highest BCUT2D eigenvalue weighted by Crippen LogP contribution is 2.54. The van der Waals surface area contributed by atoms with Gasteiger partial charge in [-0.3, -0.25) is 29.6 Å². The number of likely N-dealkylation sites (tertiary alicyclic amines) is 1. The number of nitrogens with one attached hydrogen (secondary N) is 1. The standard InChI is InChI=1S/C54H61F2N9O5/c1-3-33-5-4-6-34-22-37(66)23-39(45(33)34)47-46(56)48-40(27-57-47)49(61(2)43-24-41(43)55)60-52(59-48)70-31-54(11-12-54)30-63-15-13-53(14-16-63)25-32(26-53)28-62-17-19-64(20-18-62)36-7-8-38-35(21-36)29-65(51(38)69)42-9-10-44(67)58-50(42)68/h4-8,21-23,27,32,41-43,66H,3,9-20,24-26,28-31H2,1-2H3,(H,58,67,68)/t41-,42+,43-/m1/s1. The van der Waals surface area contributed by atoms with E-state index in [0.717, 1.165) is 105 Å². The SMILES string of the molecule is CCc1cccc2cc(O)cc(-c3ncc4c(N(C)[C@@H]5C[C@H]5F)nc(OCC5(CN6CCC7(CC6)CC(CN6CCN(c8ccc9c(c8)CN([C@H]8CCC(=O)NC8=O)C9=O)CC6)C7)CC5)nc4c3F)c12. The number of alkyl halides is 1. The minimum atomic E-state index is -0.988. The zero-order valence-electron chi connectivity index (χ0n) is 40.1. The fraction of sp³-hybridized carbons (Fsp3) is 0.519. The molecular formula is C54H61F2N9O5. The number of imide groups is 1. The Balaban J connectivity index is 0.645. The number of benzene rings is 3. The molecule has 6 heterocycles. The van der Waals surface area contributed by atoms with Gasteiger partial charge < -0.3 is 29.4 Å². The van der Waals surface area contributed by atoms with E-state index in [-0.39, 0.29) is 58.6 Å². The summed E-state index contributed by atoms with van der Waals surface area (Å²) < 4.78 is 37.9. The van der Waals surface area contributed by atoms with Gasteiger partial charge in [-0.05, 0) is 128 Å². The van der Waals surface area contributed by atoms with Crippen LogP contribution in [-0.4, -0.2) is 137 Å². The molecule has 3 saturated heterocycles. The van der Waals surface area contributed by atoms with Crippen LogP contribution in [0, 0.1) is 22.6 Å². The minimum absolute atomic E-state index is 0.0177. The molecule has 70 heavy (non-hydrogen) atoms. The van der Waals surface area contributed by atoms with Crippen LogP contribution in [0.1, 0.15) is 86.2 Å². The van der Waals surface area contributed by atoms with Gasteiger partial charge in [-0.15, -0.1) is 0 Å². The fourth-order valence-corrected chi connectivity index (χ4v) is 12.6. The summed E-state index contributed by atoms with van der Waals surface area (Å²) in [4.78, 5) is 62.5. The van der Waals surface area contributed by atoms with Gasteiger partial charge in [-0.25, -0.2) is 8.78 Å². The third-order valence-corrected chi connectivity index (χ3v) is 17.0. The van der Waals surface area contributed by atoms with Crippen molar-refractivity contribution in [2.45, 2.75) is 95.9 Å². The lowest BCUT2D eigenvalue weighted by molar-refractivity contribution is -0.136. The Morgan fingerprint density at radius 3 is 2.46 bits per heavy atom. The Kier molecular flexibility index (Phi) is 11.2. The number of aryl methyl sites for hydroxylation is 1. The first-order valence-corrected chi connectivity index (χ1v) is 25.4. The number of amides is 3. The van der Waals surface area contributed by atoms with Crippen molar-refractivity contribution in [2.75, 3.05) is 75.8 Å². The van der Waals surface area contributed by atoms with Crippen molar-refractivity contribution in [2.24, 2.45) is 16.7 Å². The average molecular weight is 954 g/mol. The molecule has 4 aliphatic heterocycles. The summed E-state index contributed by atoms with van der Waals surface area (Å²) >= 11 is 0. The number of aromatic hydroxyl groups is 1. The van der Waals surface area contributed by atoms with Crippen molar-refractivity contribution >= 4 is 50.9 Å². The Morgan fingerprint density at radius 1 is 0.943 bits per heavy atom. The Morgan fingerprint density at radius 2 is 1.73 bits per heavy atom. The summed E-state index contributed by atoms with van der Waals surface area (Å²) in [6.45, 7) is 10.9. The largest absolute Gasteiger partial charge is 0.508 e. The van der Waals surface area contributed by atoms with E-state index in [1.165, 1.54) is 25.7 Å². The van der Waals surface area contributed by atoms with Crippen molar-refractivity contribution in [3.05, 3.63) is 77.2 Å². The second-order valence-electron chi connectivity index (χ2n) is 21.7. The molecule has 2 aromatic heterocycles. The van der Waals surface area contributed by atoms with E-state index in [0.29, 0.717) is 53.7 Å². The van der Waals surface area contributed by atoms with Gasteiger partial charge >= 0.3 is 6.01 Å². The highest BCUT2D eigenvalue weighted by atomic mass is 19.1. The lowest BCUT2D eigenvalue weighted by Crippen LogP contribution is -2.53. The second kappa shape index (κ2) is 17.4. The minimum Gasteiger partial charge on any atom is -0.508 e. The molecule has 3 amide bonds. The van der Waals surface area contributed by atoms with E-state index < -0.39 is 18.0 Å². The number of hydrogen-bond donors (Lipinski definition) is 2. The molecule has 0 unspecified atom stereocenters. The molecule has 14 nitrogen and oxygen atoms in total. The smallest absolute Gasteiger partial charge is 0.319 e. The van der Waals surface area contributed by atoms with E-state index in [1.54, 1.807) is 35.2 Å². The lowest BCUT2D eigenvalue weighted by atomic mass is 9.57. The van der Waals surface area contributed by atoms with Gasteiger partial charge in [0.1, 0.15) is 35.0 Å². The van der Waals surface area contributed by atoms with Crippen molar-refractivity contribution < 1.29 is 33.0 Å². The van der Waals surface area contributed by atoms with Gasteiger partial charge in [0, 0.05) is 94.1 Å². The number of anilines is 2. The molecule has 7 aliphatic rings. The zero-order chi connectivity index (χ0) is 48.1. The number of nitrogens with zero attached hydrogens (tertiary/aromatic N) is 8. The van der Waals surface area contributed by atoms with Crippen LogP contribution in [0.5, 0.6) is 11.8 Å². The third kappa shape index (κ3) is 8.27. The number of aromatic nitrogens is 3. The summed E-state index contributed by atoms with van der Waals surface area (Å²) in [5.41, 5.74) is 4.76. The van der Waals surface area contributed by atoms with E-state index in [1.807, 2.05) is 37.3 Å². The van der Waals surface area contributed by atoms with Gasteiger partial charge in [0.15, 0.2) is 5.82 Å². The molecule has 0 bridgehead atoms. The highest BCUT2D eigenvalue weighted by molar-refractivity contribution is 6.06. The van der Waals surface area contributed by atoms with Gasteiger partial charge in [0.2, 0.25) is 11.8 Å². The summed E-state index contributed by atoms with van der Waals surface area (Å²) in [7, 11) is 1.78. The van der Waals surface area contributed by atoms with Crippen molar-refractivity contribution in [1.29, 1.82) is 0 Å². The molecule has 1 spiro atoms. The summed E-state index contributed by atoms with van der Waals surface area (Å²) in [6.07, 6.45) is 9.35. The number of phenols is 1. The van der Waals surface area contributed by atoms with E-state index in [4.69, 9.17) is 9.72 Å². The molecule has 3 saturated carbocycles. The number of halogens is 2. The van der Waals surface area contributed by atoms with Gasteiger partial charge in [0.05, 0.1) is 18.0 Å². The number of pyridine rings is 1. The fourth-order valence-electron chi connectivity index (χ4n) is 12.6. The molecule has 3 atom stereocenters. The second-order valence-corrected chi connectivity index (χ2v) is 21.7. The topological polar surface area (TPSA) is 148 Å². The van der Waals surface area contributed by atoms with Crippen molar-refractivity contribution in [3.8, 4) is 23.0 Å². The highest BCUT2D eigenvalue weighted by Gasteiger charge is 2.50. The Bertz CT molecular complexity index is 2920. The van der Waals surface area contributed by atoms with E-state index >= 15 is 4.39 Å². The molecule has 5 aromatic rings. The van der Waals surface area contributed by atoms with Crippen LogP contribution in [0.3, 0.4) is 0 Å².